The number of benzene rings is 1. The Labute approximate surface area is 160 Å². The lowest BCUT2D eigenvalue weighted by molar-refractivity contribution is 0.102. The van der Waals surface area contributed by atoms with E-state index in [0.29, 0.717) is 34.8 Å². The molecule has 3 heterocycles. The summed E-state index contributed by atoms with van der Waals surface area (Å²) in [6.07, 6.45) is 5.37. The summed E-state index contributed by atoms with van der Waals surface area (Å²) in [4.78, 5) is 21.5. The van der Waals surface area contributed by atoms with Crippen LogP contribution in [0.15, 0.2) is 47.5 Å². The Morgan fingerprint density at radius 2 is 2.11 bits per heavy atom. The van der Waals surface area contributed by atoms with Crippen LogP contribution in [-0.4, -0.2) is 30.8 Å². The molecular formula is C20H18N6O2. The minimum absolute atomic E-state index is 0.190. The van der Waals surface area contributed by atoms with Gasteiger partial charge in [0.2, 0.25) is 0 Å². The zero-order valence-electron chi connectivity index (χ0n) is 15.3. The molecule has 8 heteroatoms. The number of nitrogens with zero attached hydrogens (tertiary/aromatic N) is 5. The zero-order chi connectivity index (χ0) is 19.1. The average molecular weight is 374 g/mol. The lowest BCUT2D eigenvalue weighted by atomic mass is 10.1. The van der Waals surface area contributed by atoms with Crippen molar-refractivity contribution >= 4 is 22.7 Å². The van der Waals surface area contributed by atoms with Gasteiger partial charge in [0.1, 0.15) is 12.7 Å². The number of fused-ring (bicyclic) bond motifs is 1. The maximum atomic E-state index is 13.0. The summed E-state index contributed by atoms with van der Waals surface area (Å²) >= 11 is 0. The topological polar surface area (TPSA) is 98.7 Å². The normalized spacial score (nSPS) is 13.8. The van der Waals surface area contributed by atoms with Gasteiger partial charge in [0.25, 0.3) is 11.6 Å². The number of rotatable bonds is 5. The molecule has 5 rings (SSSR count). The Kier molecular flexibility index (Phi) is 3.89. The van der Waals surface area contributed by atoms with Gasteiger partial charge in [0.05, 0.1) is 23.2 Å². The Morgan fingerprint density at radius 1 is 1.29 bits per heavy atom. The van der Waals surface area contributed by atoms with Gasteiger partial charge >= 0.3 is 0 Å². The van der Waals surface area contributed by atoms with Crippen molar-refractivity contribution in [2.75, 3.05) is 5.32 Å². The van der Waals surface area contributed by atoms with Crippen molar-refractivity contribution in [2.45, 2.75) is 32.2 Å². The highest BCUT2D eigenvalue weighted by molar-refractivity contribution is 6.12. The van der Waals surface area contributed by atoms with Gasteiger partial charge in [0, 0.05) is 17.3 Å². The van der Waals surface area contributed by atoms with Crippen molar-refractivity contribution in [2.24, 2.45) is 0 Å². The molecule has 1 fully saturated rings. The largest absolute Gasteiger partial charge is 0.336 e. The summed E-state index contributed by atoms with van der Waals surface area (Å²) in [5.74, 6) is 0.224. The van der Waals surface area contributed by atoms with Crippen LogP contribution in [0.5, 0.6) is 0 Å². The van der Waals surface area contributed by atoms with Crippen LogP contribution in [0, 0.1) is 6.92 Å². The fraction of sp³-hybridized carbons (Fsp3) is 0.250. The van der Waals surface area contributed by atoms with Crippen LogP contribution in [0.4, 0.5) is 5.69 Å². The summed E-state index contributed by atoms with van der Waals surface area (Å²) < 4.78 is 7.06. The number of pyridine rings is 1. The van der Waals surface area contributed by atoms with Crippen molar-refractivity contribution in [3.05, 3.63) is 65.5 Å². The van der Waals surface area contributed by atoms with Crippen LogP contribution in [0.25, 0.3) is 11.1 Å². The highest BCUT2D eigenvalue weighted by Gasteiger charge is 2.28. The number of nitrogens with one attached hydrogen (secondary N) is 1. The SMILES string of the molecule is Cc1noc2nc(C3CC3)cc(C(=O)Nc3ccc(Cn4cncn4)cc3)c12. The van der Waals surface area contributed by atoms with E-state index in [4.69, 9.17) is 4.52 Å². The molecule has 3 aromatic heterocycles. The van der Waals surface area contributed by atoms with Gasteiger partial charge < -0.3 is 9.84 Å². The number of hydrogen-bond acceptors (Lipinski definition) is 6. The number of carbonyl (C=O) groups excluding carboxylic acids is 1. The third-order valence-corrected chi connectivity index (χ3v) is 4.90. The van der Waals surface area contributed by atoms with E-state index >= 15 is 0 Å². The molecule has 1 N–H and O–H groups in total. The second kappa shape index (κ2) is 6.56. The van der Waals surface area contributed by atoms with Crippen LogP contribution < -0.4 is 5.32 Å². The molecule has 0 aliphatic heterocycles. The first-order valence-electron chi connectivity index (χ1n) is 9.17. The van der Waals surface area contributed by atoms with Crippen LogP contribution in [0.1, 0.15) is 46.1 Å². The lowest BCUT2D eigenvalue weighted by Gasteiger charge is -2.09. The first-order valence-corrected chi connectivity index (χ1v) is 9.17. The van der Waals surface area contributed by atoms with E-state index in [1.54, 1.807) is 11.0 Å². The van der Waals surface area contributed by atoms with Crippen LogP contribution in [0.2, 0.25) is 0 Å². The van der Waals surface area contributed by atoms with E-state index in [9.17, 15) is 4.79 Å². The second-order valence-corrected chi connectivity index (χ2v) is 7.06. The summed E-state index contributed by atoms with van der Waals surface area (Å²) in [6.45, 7) is 2.45. The van der Waals surface area contributed by atoms with Crippen LogP contribution >= 0.6 is 0 Å². The lowest BCUT2D eigenvalue weighted by Crippen LogP contribution is -2.13. The van der Waals surface area contributed by atoms with Crippen LogP contribution in [0.3, 0.4) is 0 Å². The van der Waals surface area contributed by atoms with Crippen molar-refractivity contribution in [3.8, 4) is 0 Å². The molecule has 0 radical (unpaired) electrons. The number of aromatic nitrogens is 5. The quantitative estimate of drug-likeness (QED) is 0.575. The summed E-state index contributed by atoms with van der Waals surface area (Å²) in [7, 11) is 0. The molecule has 140 valence electrons. The molecule has 0 saturated heterocycles. The molecule has 0 spiro atoms. The minimum atomic E-state index is -0.190. The van der Waals surface area contributed by atoms with Gasteiger partial charge in [-0.15, -0.1) is 0 Å². The van der Waals surface area contributed by atoms with Crippen molar-refractivity contribution in [3.63, 3.8) is 0 Å². The maximum Gasteiger partial charge on any atom is 0.259 e. The van der Waals surface area contributed by atoms with E-state index in [0.717, 1.165) is 29.8 Å². The molecule has 0 bridgehead atoms. The molecule has 0 unspecified atom stereocenters. The third kappa shape index (κ3) is 3.13. The molecule has 1 aliphatic rings. The van der Waals surface area contributed by atoms with Crippen LogP contribution in [-0.2, 0) is 6.54 Å². The fourth-order valence-electron chi connectivity index (χ4n) is 3.27. The van der Waals surface area contributed by atoms with Crippen molar-refractivity contribution < 1.29 is 9.32 Å². The predicted octanol–water partition coefficient (Wildman–Crippen LogP) is 3.30. The smallest absolute Gasteiger partial charge is 0.259 e. The van der Waals surface area contributed by atoms with Gasteiger partial charge in [-0.05, 0) is 43.5 Å². The molecule has 1 aromatic carbocycles. The zero-order valence-corrected chi connectivity index (χ0v) is 15.3. The van der Waals surface area contributed by atoms with E-state index in [1.165, 1.54) is 6.33 Å². The number of anilines is 1. The molecule has 0 atom stereocenters. The minimum Gasteiger partial charge on any atom is -0.336 e. The molecule has 28 heavy (non-hydrogen) atoms. The third-order valence-electron chi connectivity index (χ3n) is 4.90. The maximum absolute atomic E-state index is 13.0. The van der Waals surface area contributed by atoms with Gasteiger partial charge in [-0.2, -0.15) is 5.10 Å². The summed E-state index contributed by atoms with van der Waals surface area (Å²) in [6, 6.07) is 9.55. The Balaban J connectivity index is 1.40. The number of carbonyl (C=O) groups is 1. The van der Waals surface area contributed by atoms with E-state index in [2.05, 4.69) is 25.5 Å². The van der Waals surface area contributed by atoms with E-state index < -0.39 is 0 Å². The highest BCUT2D eigenvalue weighted by Crippen LogP contribution is 2.40. The monoisotopic (exact) mass is 374 g/mol. The Hall–Kier alpha value is -3.55. The average Bonchev–Trinajstić information content (AvgIpc) is 3.31. The Bertz CT molecular complexity index is 1140. The summed E-state index contributed by atoms with van der Waals surface area (Å²) in [5, 5.41) is 11.7. The molecule has 1 aliphatic carbocycles. The molecule has 8 nitrogen and oxygen atoms in total. The predicted molar refractivity (Wildman–Crippen MR) is 102 cm³/mol. The van der Waals surface area contributed by atoms with Gasteiger partial charge in [0.15, 0.2) is 0 Å². The second-order valence-electron chi connectivity index (χ2n) is 7.06. The first-order chi connectivity index (χ1) is 13.7. The standard InChI is InChI=1S/C20H18N6O2/c1-12-18-16(8-17(14-4-5-14)24-20(18)28-25-12)19(27)23-15-6-2-13(3-7-15)9-26-11-21-10-22-26/h2-3,6-8,10-11,14H,4-5,9H2,1H3,(H,23,27). The molecule has 1 saturated carbocycles. The van der Waals surface area contributed by atoms with E-state index in [1.807, 2.05) is 37.3 Å². The Morgan fingerprint density at radius 3 is 2.82 bits per heavy atom. The number of hydrogen-bond donors (Lipinski definition) is 1. The molecule has 1 amide bonds. The molecule has 4 aromatic rings. The van der Waals surface area contributed by atoms with Gasteiger partial charge in [-0.3, -0.25) is 4.79 Å². The fourth-order valence-corrected chi connectivity index (χ4v) is 3.27. The number of amides is 1. The van der Waals surface area contributed by atoms with Gasteiger partial charge in [-0.1, -0.05) is 17.3 Å². The van der Waals surface area contributed by atoms with Crippen molar-refractivity contribution in [1.29, 1.82) is 0 Å². The number of aryl methyl sites for hydroxylation is 1. The van der Waals surface area contributed by atoms with Crippen molar-refractivity contribution in [1.82, 2.24) is 24.9 Å². The summed E-state index contributed by atoms with van der Waals surface area (Å²) in [5.41, 5.74) is 4.34. The first kappa shape index (κ1) is 16.6. The molecular weight excluding hydrogens is 356 g/mol. The highest BCUT2D eigenvalue weighted by atomic mass is 16.5. The van der Waals surface area contributed by atoms with Gasteiger partial charge in [-0.25, -0.2) is 14.6 Å². The van der Waals surface area contributed by atoms with E-state index in [-0.39, 0.29) is 5.91 Å².